The van der Waals surface area contributed by atoms with E-state index in [9.17, 15) is 0 Å². The van der Waals surface area contributed by atoms with E-state index in [4.69, 9.17) is 10.5 Å². The molecular weight excluding hydrogens is 276 g/mol. The van der Waals surface area contributed by atoms with Crippen molar-refractivity contribution in [3.8, 4) is 0 Å². The van der Waals surface area contributed by atoms with E-state index in [-0.39, 0.29) is 0 Å². The van der Waals surface area contributed by atoms with Crippen LogP contribution in [0.4, 0.5) is 5.69 Å². The average molecular weight is 304 g/mol. The van der Waals surface area contributed by atoms with Gasteiger partial charge in [0.1, 0.15) is 0 Å². The zero-order chi connectivity index (χ0) is 15.8. The SMILES string of the molecule is CC(C)CCNC(N)=NCc1ccc(N2CCOCC2)cc1. The van der Waals surface area contributed by atoms with Gasteiger partial charge in [-0.2, -0.15) is 0 Å². The molecule has 0 saturated carbocycles. The van der Waals surface area contributed by atoms with E-state index >= 15 is 0 Å². The first-order valence-electron chi connectivity index (χ1n) is 8.10. The number of ether oxygens (including phenoxy) is 1. The van der Waals surface area contributed by atoms with Crippen molar-refractivity contribution in [1.82, 2.24) is 5.32 Å². The van der Waals surface area contributed by atoms with Gasteiger partial charge in [0.25, 0.3) is 0 Å². The van der Waals surface area contributed by atoms with Crippen LogP contribution in [-0.2, 0) is 11.3 Å². The Morgan fingerprint density at radius 2 is 1.95 bits per heavy atom. The van der Waals surface area contributed by atoms with Crippen molar-refractivity contribution in [2.24, 2.45) is 16.6 Å². The summed E-state index contributed by atoms with van der Waals surface area (Å²) < 4.78 is 5.38. The summed E-state index contributed by atoms with van der Waals surface area (Å²) >= 11 is 0. The third kappa shape index (κ3) is 5.56. The number of anilines is 1. The predicted molar refractivity (Wildman–Crippen MR) is 92.3 cm³/mol. The van der Waals surface area contributed by atoms with E-state index in [1.807, 2.05) is 0 Å². The minimum Gasteiger partial charge on any atom is -0.378 e. The van der Waals surface area contributed by atoms with Crippen molar-refractivity contribution in [2.75, 3.05) is 37.7 Å². The van der Waals surface area contributed by atoms with E-state index < -0.39 is 0 Å². The van der Waals surface area contributed by atoms with Crippen LogP contribution >= 0.6 is 0 Å². The summed E-state index contributed by atoms with van der Waals surface area (Å²) in [6.07, 6.45) is 1.10. The van der Waals surface area contributed by atoms with E-state index in [1.165, 1.54) is 11.3 Å². The molecule has 1 aromatic rings. The number of benzene rings is 1. The van der Waals surface area contributed by atoms with Gasteiger partial charge in [-0.15, -0.1) is 0 Å². The highest BCUT2D eigenvalue weighted by molar-refractivity contribution is 5.77. The van der Waals surface area contributed by atoms with Crippen LogP contribution in [0.2, 0.25) is 0 Å². The zero-order valence-electron chi connectivity index (χ0n) is 13.7. The lowest BCUT2D eigenvalue weighted by Gasteiger charge is -2.28. The maximum absolute atomic E-state index is 5.87. The van der Waals surface area contributed by atoms with E-state index in [0.29, 0.717) is 18.4 Å². The molecule has 5 nitrogen and oxygen atoms in total. The smallest absolute Gasteiger partial charge is 0.188 e. The van der Waals surface area contributed by atoms with Gasteiger partial charge >= 0.3 is 0 Å². The summed E-state index contributed by atoms with van der Waals surface area (Å²) in [6, 6.07) is 8.54. The Kier molecular flexibility index (Phi) is 6.52. The number of guanidine groups is 1. The Balaban J connectivity index is 1.80. The Morgan fingerprint density at radius 1 is 1.27 bits per heavy atom. The fourth-order valence-corrected chi connectivity index (χ4v) is 2.36. The summed E-state index contributed by atoms with van der Waals surface area (Å²) in [6.45, 7) is 9.44. The number of nitrogens with zero attached hydrogens (tertiary/aromatic N) is 2. The Labute approximate surface area is 133 Å². The molecule has 0 unspecified atom stereocenters. The van der Waals surface area contributed by atoms with E-state index in [0.717, 1.165) is 39.3 Å². The topological polar surface area (TPSA) is 62.9 Å². The summed E-state index contributed by atoms with van der Waals surface area (Å²) in [5, 5.41) is 3.15. The molecule has 3 N–H and O–H groups in total. The van der Waals surface area contributed by atoms with Gasteiger partial charge in [-0.25, -0.2) is 4.99 Å². The molecule has 0 aliphatic carbocycles. The maximum Gasteiger partial charge on any atom is 0.188 e. The second-order valence-electron chi connectivity index (χ2n) is 6.08. The van der Waals surface area contributed by atoms with Gasteiger partial charge in [0, 0.05) is 25.3 Å². The molecule has 1 aromatic carbocycles. The number of hydrogen-bond donors (Lipinski definition) is 2. The van der Waals surface area contributed by atoms with Crippen LogP contribution in [0.15, 0.2) is 29.3 Å². The Morgan fingerprint density at radius 3 is 2.59 bits per heavy atom. The molecule has 0 aromatic heterocycles. The Bertz CT molecular complexity index is 464. The summed E-state index contributed by atoms with van der Waals surface area (Å²) in [5.41, 5.74) is 8.29. The number of aliphatic imine (C=N–C) groups is 1. The van der Waals surface area contributed by atoms with Crippen molar-refractivity contribution in [3.05, 3.63) is 29.8 Å². The third-order valence-electron chi connectivity index (χ3n) is 3.77. The minimum absolute atomic E-state index is 0.526. The molecule has 1 fully saturated rings. The quantitative estimate of drug-likeness (QED) is 0.623. The monoisotopic (exact) mass is 304 g/mol. The lowest BCUT2D eigenvalue weighted by Crippen LogP contribution is -2.36. The highest BCUT2D eigenvalue weighted by Gasteiger charge is 2.10. The molecule has 1 saturated heterocycles. The van der Waals surface area contributed by atoms with Crippen LogP contribution < -0.4 is 16.0 Å². The number of hydrogen-bond acceptors (Lipinski definition) is 3. The van der Waals surface area contributed by atoms with Crippen LogP contribution in [0.1, 0.15) is 25.8 Å². The van der Waals surface area contributed by atoms with Gasteiger partial charge in [-0.1, -0.05) is 26.0 Å². The molecule has 0 radical (unpaired) electrons. The Hall–Kier alpha value is -1.75. The normalized spacial score (nSPS) is 16.1. The van der Waals surface area contributed by atoms with Crippen LogP contribution in [0.25, 0.3) is 0 Å². The molecule has 0 atom stereocenters. The first-order chi connectivity index (χ1) is 10.6. The van der Waals surface area contributed by atoms with Crippen LogP contribution in [0.3, 0.4) is 0 Å². The molecule has 1 aliphatic heterocycles. The number of nitrogens with two attached hydrogens (primary N) is 1. The van der Waals surface area contributed by atoms with Crippen molar-refractivity contribution in [2.45, 2.75) is 26.8 Å². The molecule has 1 aliphatic rings. The van der Waals surface area contributed by atoms with Crippen molar-refractivity contribution in [3.63, 3.8) is 0 Å². The fourth-order valence-electron chi connectivity index (χ4n) is 2.36. The molecule has 1 heterocycles. The highest BCUT2D eigenvalue weighted by Crippen LogP contribution is 2.16. The lowest BCUT2D eigenvalue weighted by molar-refractivity contribution is 0.122. The van der Waals surface area contributed by atoms with E-state index in [1.54, 1.807) is 0 Å². The maximum atomic E-state index is 5.87. The van der Waals surface area contributed by atoms with Gasteiger partial charge in [0.05, 0.1) is 19.8 Å². The number of rotatable bonds is 6. The third-order valence-corrected chi connectivity index (χ3v) is 3.77. The van der Waals surface area contributed by atoms with Crippen LogP contribution in [0, 0.1) is 5.92 Å². The molecular formula is C17H28N4O. The summed E-state index contributed by atoms with van der Waals surface area (Å²) in [5.74, 6) is 1.20. The largest absolute Gasteiger partial charge is 0.378 e. The standard InChI is InChI=1S/C17H28N4O/c1-14(2)7-8-19-17(18)20-13-15-3-5-16(6-4-15)21-9-11-22-12-10-21/h3-6,14H,7-13H2,1-2H3,(H3,18,19,20). The summed E-state index contributed by atoms with van der Waals surface area (Å²) in [4.78, 5) is 6.73. The lowest BCUT2D eigenvalue weighted by atomic mass is 10.1. The second kappa shape index (κ2) is 8.63. The first kappa shape index (κ1) is 16.6. The molecule has 0 amide bonds. The molecule has 0 bridgehead atoms. The molecule has 22 heavy (non-hydrogen) atoms. The molecule has 0 spiro atoms. The van der Waals surface area contributed by atoms with Gasteiger partial charge in [-0.05, 0) is 30.0 Å². The van der Waals surface area contributed by atoms with Gasteiger partial charge in [0.2, 0.25) is 0 Å². The van der Waals surface area contributed by atoms with Crippen LogP contribution in [-0.4, -0.2) is 38.8 Å². The zero-order valence-corrected chi connectivity index (χ0v) is 13.7. The average Bonchev–Trinajstić information content (AvgIpc) is 2.54. The van der Waals surface area contributed by atoms with Crippen molar-refractivity contribution in [1.29, 1.82) is 0 Å². The van der Waals surface area contributed by atoms with E-state index in [2.05, 4.69) is 53.3 Å². The van der Waals surface area contributed by atoms with Gasteiger partial charge in [0.15, 0.2) is 5.96 Å². The number of nitrogens with one attached hydrogen (secondary N) is 1. The second-order valence-corrected chi connectivity index (χ2v) is 6.08. The van der Waals surface area contributed by atoms with Crippen LogP contribution in [0.5, 0.6) is 0 Å². The van der Waals surface area contributed by atoms with Gasteiger partial charge in [-0.3, -0.25) is 0 Å². The minimum atomic E-state index is 0.526. The highest BCUT2D eigenvalue weighted by atomic mass is 16.5. The number of morpholine rings is 1. The fraction of sp³-hybridized carbons (Fsp3) is 0.588. The van der Waals surface area contributed by atoms with Gasteiger partial charge < -0.3 is 20.7 Å². The van der Waals surface area contributed by atoms with Crippen molar-refractivity contribution >= 4 is 11.6 Å². The molecule has 5 heteroatoms. The summed E-state index contributed by atoms with van der Waals surface area (Å²) in [7, 11) is 0. The van der Waals surface area contributed by atoms with Crippen molar-refractivity contribution < 1.29 is 4.74 Å². The predicted octanol–water partition coefficient (Wildman–Crippen LogP) is 1.97. The first-order valence-corrected chi connectivity index (χ1v) is 8.10. The molecule has 2 rings (SSSR count). The molecule has 122 valence electrons.